The number of aliphatic carboxylic acids is 1. The maximum Gasteiger partial charge on any atom is 0.327 e. The van der Waals surface area contributed by atoms with E-state index in [0.717, 1.165) is 0 Å². The van der Waals surface area contributed by atoms with Crippen LogP contribution in [0.5, 0.6) is 0 Å². The Labute approximate surface area is 56.8 Å². The Balaban J connectivity index is 3.71. The van der Waals surface area contributed by atoms with Crippen molar-refractivity contribution in [2.45, 2.75) is 12.5 Å². The third-order valence-corrected chi connectivity index (χ3v) is 0.924. The van der Waals surface area contributed by atoms with Crippen molar-refractivity contribution in [3.63, 3.8) is 0 Å². The van der Waals surface area contributed by atoms with Crippen molar-refractivity contribution in [2.24, 2.45) is 5.29 Å². The van der Waals surface area contributed by atoms with Gasteiger partial charge in [0.15, 0.2) is 0 Å². The highest BCUT2D eigenvalue weighted by atomic mass is 16.4. The molecule has 0 aromatic rings. The normalized spacial score (nSPS) is 12.1. The van der Waals surface area contributed by atoms with E-state index in [-0.39, 0.29) is 13.0 Å². The summed E-state index contributed by atoms with van der Waals surface area (Å²) < 4.78 is 0. The molecule has 6 nitrogen and oxygen atoms in total. The SMILES string of the molecule is O=NNC(CCO)C(=O)O. The summed E-state index contributed by atoms with van der Waals surface area (Å²) in [7, 11) is 0. The number of aliphatic hydroxyl groups excluding tert-OH is 1. The molecule has 3 N–H and O–H groups in total. The van der Waals surface area contributed by atoms with Crippen molar-refractivity contribution in [2.75, 3.05) is 6.61 Å². The number of rotatable bonds is 5. The maximum absolute atomic E-state index is 10.1. The Morgan fingerprint density at radius 1 is 1.70 bits per heavy atom. The zero-order valence-corrected chi connectivity index (χ0v) is 5.15. The van der Waals surface area contributed by atoms with Crippen LogP contribution < -0.4 is 5.43 Å². The molecule has 0 saturated carbocycles. The first-order valence-corrected chi connectivity index (χ1v) is 2.64. The van der Waals surface area contributed by atoms with Crippen molar-refractivity contribution in [3.05, 3.63) is 4.91 Å². The van der Waals surface area contributed by atoms with Crippen LogP contribution in [-0.4, -0.2) is 28.8 Å². The summed E-state index contributed by atoms with van der Waals surface area (Å²) in [4.78, 5) is 19.6. The number of carboxylic acid groups (broad SMARTS) is 1. The lowest BCUT2D eigenvalue weighted by Crippen LogP contribution is -2.33. The fraction of sp³-hybridized carbons (Fsp3) is 0.750. The molecule has 0 aliphatic heterocycles. The Kier molecular flexibility index (Phi) is 4.14. The van der Waals surface area contributed by atoms with E-state index in [9.17, 15) is 9.70 Å². The van der Waals surface area contributed by atoms with Crippen LogP contribution in [0.4, 0.5) is 0 Å². The van der Waals surface area contributed by atoms with Crippen LogP contribution in [0.2, 0.25) is 0 Å². The highest BCUT2D eigenvalue weighted by Crippen LogP contribution is 1.89. The maximum atomic E-state index is 10.1. The Bertz CT molecular complexity index is 126. The van der Waals surface area contributed by atoms with Gasteiger partial charge in [0.25, 0.3) is 0 Å². The fourth-order valence-electron chi connectivity index (χ4n) is 0.436. The summed E-state index contributed by atoms with van der Waals surface area (Å²) in [5.41, 5.74) is 1.79. The second-order valence-electron chi connectivity index (χ2n) is 1.62. The standard InChI is InChI=1S/C4H8N2O4/c7-2-1-3(4(8)9)5-6-10/h3,7H,1-2H2,(H,5,10)(H,8,9). The predicted molar refractivity (Wildman–Crippen MR) is 32.1 cm³/mol. The predicted octanol–water partition coefficient (Wildman–Crippen LogP) is -0.907. The molecule has 1 atom stereocenters. The molecular weight excluding hydrogens is 140 g/mol. The number of nitroso groups, excluding NO2 is 1. The van der Waals surface area contributed by atoms with E-state index < -0.39 is 12.0 Å². The third kappa shape index (κ3) is 2.98. The molecule has 0 aliphatic carbocycles. The quantitative estimate of drug-likeness (QED) is 0.346. The van der Waals surface area contributed by atoms with Gasteiger partial charge < -0.3 is 10.2 Å². The second-order valence-corrected chi connectivity index (χ2v) is 1.62. The molecule has 0 heterocycles. The molecule has 58 valence electrons. The number of nitrogens with zero attached hydrogens (tertiary/aromatic N) is 1. The Morgan fingerprint density at radius 2 is 2.30 bits per heavy atom. The van der Waals surface area contributed by atoms with Gasteiger partial charge in [0, 0.05) is 13.0 Å². The van der Waals surface area contributed by atoms with E-state index in [1.165, 1.54) is 0 Å². The van der Waals surface area contributed by atoms with Crippen LogP contribution in [0.15, 0.2) is 5.29 Å². The molecule has 0 radical (unpaired) electrons. The summed E-state index contributed by atoms with van der Waals surface area (Å²) in [6.07, 6.45) is -0.0267. The third-order valence-electron chi connectivity index (χ3n) is 0.924. The molecule has 1 unspecified atom stereocenters. The monoisotopic (exact) mass is 148 g/mol. The van der Waals surface area contributed by atoms with E-state index in [4.69, 9.17) is 10.2 Å². The van der Waals surface area contributed by atoms with Gasteiger partial charge >= 0.3 is 5.97 Å². The number of nitrogens with one attached hydrogen (secondary N) is 1. The molecule has 10 heavy (non-hydrogen) atoms. The zero-order chi connectivity index (χ0) is 7.98. The number of carbonyl (C=O) groups is 1. The summed E-state index contributed by atoms with van der Waals surface area (Å²) in [5.74, 6) is -1.20. The van der Waals surface area contributed by atoms with Crippen LogP contribution >= 0.6 is 0 Å². The van der Waals surface area contributed by atoms with Gasteiger partial charge in [-0.15, -0.1) is 4.91 Å². The molecule has 0 spiro atoms. The lowest BCUT2D eigenvalue weighted by molar-refractivity contribution is -0.139. The lowest BCUT2D eigenvalue weighted by atomic mass is 10.2. The van der Waals surface area contributed by atoms with Gasteiger partial charge in [-0.05, 0) is 0 Å². The van der Waals surface area contributed by atoms with E-state index in [1.807, 2.05) is 0 Å². The Hall–Kier alpha value is -1.17. The van der Waals surface area contributed by atoms with Crippen molar-refractivity contribution in [1.29, 1.82) is 0 Å². The zero-order valence-electron chi connectivity index (χ0n) is 5.15. The van der Waals surface area contributed by atoms with Crippen molar-refractivity contribution >= 4 is 5.97 Å². The van der Waals surface area contributed by atoms with Gasteiger partial charge in [0.05, 0.1) is 5.29 Å². The van der Waals surface area contributed by atoms with E-state index in [1.54, 1.807) is 5.43 Å². The summed E-state index contributed by atoms with van der Waals surface area (Å²) in [6.45, 7) is -0.292. The highest BCUT2D eigenvalue weighted by Gasteiger charge is 2.15. The molecular formula is C4H8N2O4. The average molecular weight is 148 g/mol. The van der Waals surface area contributed by atoms with Crippen LogP contribution in [0.1, 0.15) is 6.42 Å². The van der Waals surface area contributed by atoms with Crippen LogP contribution in [0.25, 0.3) is 0 Å². The van der Waals surface area contributed by atoms with E-state index in [0.29, 0.717) is 0 Å². The van der Waals surface area contributed by atoms with Gasteiger partial charge in [-0.3, -0.25) is 5.43 Å². The van der Waals surface area contributed by atoms with Crippen molar-refractivity contribution in [1.82, 2.24) is 5.43 Å². The smallest absolute Gasteiger partial charge is 0.327 e. The average Bonchev–Trinajstić information content (AvgIpc) is 1.87. The van der Waals surface area contributed by atoms with Crippen molar-refractivity contribution < 1.29 is 15.0 Å². The van der Waals surface area contributed by atoms with Gasteiger partial charge in [0.2, 0.25) is 0 Å². The summed E-state index contributed by atoms with van der Waals surface area (Å²) in [5, 5.41) is 18.7. The molecule has 0 saturated heterocycles. The molecule has 0 aromatic carbocycles. The molecule has 0 rings (SSSR count). The second kappa shape index (κ2) is 4.68. The number of hydrogen-bond acceptors (Lipinski definition) is 4. The van der Waals surface area contributed by atoms with Crippen LogP contribution in [-0.2, 0) is 4.79 Å². The first-order valence-electron chi connectivity index (χ1n) is 2.64. The first-order chi connectivity index (χ1) is 4.72. The van der Waals surface area contributed by atoms with Gasteiger partial charge in [-0.2, -0.15) is 0 Å². The Morgan fingerprint density at radius 3 is 2.60 bits per heavy atom. The minimum Gasteiger partial charge on any atom is -0.480 e. The van der Waals surface area contributed by atoms with Gasteiger partial charge in [-0.25, -0.2) is 4.79 Å². The summed E-state index contributed by atoms with van der Waals surface area (Å²) in [6, 6.07) is -1.08. The highest BCUT2D eigenvalue weighted by molar-refractivity contribution is 5.73. The van der Waals surface area contributed by atoms with Crippen LogP contribution in [0.3, 0.4) is 0 Å². The minimum absolute atomic E-state index is 0.0267. The summed E-state index contributed by atoms with van der Waals surface area (Å²) >= 11 is 0. The minimum atomic E-state index is -1.20. The molecule has 0 fully saturated rings. The molecule has 0 bridgehead atoms. The lowest BCUT2D eigenvalue weighted by Gasteiger charge is -2.05. The topological polar surface area (TPSA) is 99.0 Å². The van der Waals surface area contributed by atoms with E-state index in [2.05, 4.69) is 5.29 Å². The largest absolute Gasteiger partial charge is 0.480 e. The number of carboxylic acids is 1. The molecule has 0 amide bonds. The van der Waals surface area contributed by atoms with Gasteiger partial charge in [0.1, 0.15) is 6.04 Å². The first kappa shape index (κ1) is 8.83. The van der Waals surface area contributed by atoms with Crippen LogP contribution in [0, 0.1) is 4.91 Å². The fourth-order valence-corrected chi connectivity index (χ4v) is 0.436. The number of hydrogen-bond donors (Lipinski definition) is 3. The van der Waals surface area contributed by atoms with E-state index >= 15 is 0 Å². The molecule has 0 aromatic heterocycles. The number of aliphatic hydroxyl groups is 1. The molecule has 0 aliphatic rings. The van der Waals surface area contributed by atoms with Crippen molar-refractivity contribution in [3.8, 4) is 0 Å². The molecule has 6 heteroatoms. The van der Waals surface area contributed by atoms with Gasteiger partial charge in [-0.1, -0.05) is 0 Å².